The molecule has 0 aliphatic rings. The summed E-state index contributed by atoms with van der Waals surface area (Å²) in [7, 11) is -3.82. The molecule has 0 saturated heterocycles. The van der Waals surface area contributed by atoms with Crippen LogP contribution in [0.5, 0.6) is 0 Å². The summed E-state index contributed by atoms with van der Waals surface area (Å²) in [4.78, 5) is 11.7. The second-order valence-electron chi connectivity index (χ2n) is 6.94. The molecule has 0 aromatic heterocycles. The lowest BCUT2D eigenvalue weighted by molar-refractivity contribution is -0.147. The molecule has 7 heteroatoms. The normalized spacial score (nSPS) is 12.9. The van der Waals surface area contributed by atoms with Gasteiger partial charge in [-0.15, -0.1) is 0 Å². The molecular formula is C19H39NO5S. The fraction of sp³-hybridized carbons (Fsp3) is 0.947. The van der Waals surface area contributed by atoms with Crippen LogP contribution in [0, 0.1) is 5.92 Å². The first kappa shape index (κ1) is 25.3. The predicted octanol–water partition coefficient (Wildman–Crippen LogP) is 4.13. The fourth-order valence-electron chi connectivity index (χ4n) is 2.82. The highest BCUT2D eigenvalue weighted by Crippen LogP contribution is 2.19. The van der Waals surface area contributed by atoms with Gasteiger partial charge in [0.1, 0.15) is 5.88 Å². The maximum absolute atomic E-state index is 11.7. The van der Waals surface area contributed by atoms with Crippen LogP contribution >= 0.6 is 0 Å². The number of esters is 1. The van der Waals surface area contributed by atoms with E-state index in [0.29, 0.717) is 12.5 Å². The smallest absolute Gasteiger partial charge is 0.333 e. The van der Waals surface area contributed by atoms with Crippen LogP contribution in [0.4, 0.5) is 0 Å². The van der Waals surface area contributed by atoms with Crippen LogP contribution in [0.1, 0.15) is 90.9 Å². The predicted molar refractivity (Wildman–Crippen MR) is 105 cm³/mol. The van der Waals surface area contributed by atoms with E-state index in [4.69, 9.17) is 10.5 Å². The van der Waals surface area contributed by atoms with E-state index in [-0.39, 0.29) is 0 Å². The first-order chi connectivity index (χ1) is 12.4. The molecule has 0 aliphatic carbocycles. The molecule has 2 N–H and O–H groups in total. The Balaban J connectivity index is 4.13. The van der Waals surface area contributed by atoms with E-state index in [0.717, 1.165) is 25.7 Å². The summed E-state index contributed by atoms with van der Waals surface area (Å²) in [5, 5.41) is 0. The van der Waals surface area contributed by atoms with Crippen molar-refractivity contribution in [2.75, 3.05) is 19.1 Å². The van der Waals surface area contributed by atoms with Gasteiger partial charge in [0.2, 0.25) is 0 Å². The first-order valence-corrected chi connectivity index (χ1v) is 11.8. The summed E-state index contributed by atoms with van der Waals surface area (Å²) in [6.45, 7) is 4.14. The van der Waals surface area contributed by atoms with Gasteiger partial charge in [-0.3, -0.25) is 4.18 Å². The van der Waals surface area contributed by atoms with Gasteiger partial charge >= 0.3 is 5.97 Å². The lowest BCUT2D eigenvalue weighted by atomic mass is 9.95. The number of hydrogen-bond donors (Lipinski definition) is 1. The zero-order chi connectivity index (χ0) is 19.7. The van der Waals surface area contributed by atoms with Crippen molar-refractivity contribution in [3.63, 3.8) is 0 Å². The molecule has 0 rings (SSSR count). The summed E-state index contributed by atoms with van der Waals surface area (Å²) >= 11 is 0. The van der Waals surface area contributed by atoms with Gasteiger partial charge in [0, 0.05) is 0 Å². The van der Waals surface area contributed by atoms with Crippen molar-refractivity contribution < 1.29 is 22.1 Å². The van der Waals surface area contributed by atoms with Crippen LogP contribution in [0.2, 0.25) is 0 Å². The fourth-order valence-corrected chi connectivity index (χ4v) is 3.19. The molecule has 156 valence electrons. The van der Waals surface area contributed by atoms with E-state index in [1.54, 1.807) is 0 Å². The van der Waals surface area contributed by atoms with E-state index in [9.17, 15) is 13.2 Å². The number of hydrogen-bond acceptors (Lipinski definition) is 6. The van der Waals surface area contributed by atoms with E-state index in [1.807, 2.05) is 0 Å². The molecule has 1 atom stereocenters. The van der Waals surface area contributed by atoms with Crippen molar-refractivity contribution in [1.29, 1.82) is 0 Å². The summed E-state index contributed by atoms with van der Waals surface area (Å²) in [6, 6.07) is 0. The molecule has 0 spiro atoms. The monoisotopic (exact) mass is 393 g/mol. The molecule has 6 nitrogen and oxygen atoms in total. The van der Waals surface area contributed by atoms with Gasteiger partial charge in [0.15, 0.2) is 6.61 Å². The van der Waals surface area contributed by atoms with Crippen LogP contribution < -0.4 is 5.73 Å². The topological polar surface area (TPSA) is 95.7 Å². The van der Waals surface area contributed by atoms with Gasteiger partial charge in [-0.1, -0.05) is 78.1 Å². The Morgan fingerprint density at radius 3 is 1.92 bits per heavy atom. The third kappa shape index (κ3) is 15.6. The number of carbonyl (C=O) groups is 1. The van der Waals surface area contributed by atoms with Gasteiger partial charge < -0.3 is 10.5 Å². The van der Waals surface area contributed by atoms with Crippen LogP contribution in [0.3, 0.4) is 0 Å². The molecule has 0 heterocycles. The van der Waals surface area contributed by atoms with Crippen molar-refractivity contribution in [3.05, 3.63) is 0 Å². The lowest BCUT2D eigenvalue weighted by Crippen LogP contribution is -2.23. The second kappa shape index (κ2) is 16.5. The van der Waals surface area contributed by atoms with Crippen LogP contribution in [0.15, 0.2) is 0 Å². The Bertz CT molecular complexity index is 439. The number of nitrogens with two attached hydrogens (primary N) is 1. The Morgan fingerprint density at radius 1 is 0.885 bits per heavy atom. The highest BCUT2D eigenvalue weighted by atomic mass is 32.2. The molecule has 0 saturated carbocycles. The minimum Gasteiger partial charge on any atom is -0.464 e. The van der Waals surface area contributed by atoms with Crippen molar-refractivity contribution in [2.45, 2.75) is 90.9 Å². The summed E-state index contributed by atoms with van der Waals surface area (Å²) in [6.07, 6.45) is 14.3. The Morgan fingerprint density at radius 2 is 1.38 bits per heavy atom. The van der Waals surface area contributed by atoms with Crippen LogP contribution in [-0.2, 0) is 23.8 Å². The molecule has 0 aromatic carbocycles. The summed E-state index contributed by atoms with van der Waals surface area (Å²) in [5.74, 6) is -0.949. The molecule has 0 fully saturated rings. The van der Waals surface area contributed by atoms with E-state index in [1.165, 1.54) is 51.4 Å². The van der Waals surface area contributed by atoms with Gasteiger partial charge in [-0.25, -0.2) is 4.79 Å². The Labute approximate surface area is 160 Å². The molecule has 0 bridgehead atoms. The van der Waals surface area contributed by atoms with Crippen LogP contribution in [-0.4, -0.2) is 33.5 Å². The van der Waals surface area contributed by atoms with Gasteiger partial charge in [0.05, 0.1) is 6.61 Å². The standard InChI is InChI=1S/C19H39NO5S/c1-3-5-7-9-10-12-14-18(13-11-8-6-4-2)15-24-19(21)16-25-26(22,23)17-20/h18H,3-17,20H2,1-2H3. The highest BCUT2D eigenvalue weighted by Gasteiger charge is 2.15. The zero-order valence-electron chi connectivity index (χ0n) is 16.7. The molecule has 0 amide bonds. The minimum atomic E-state index is -3.82. The number of ether oxygens (including phenoxy) is 1. The van der Waals surface area contributed by atoms with Crippen molar-refractivity contribution >= 4 is 16.1 Å². The maximum atomic E-state index is 11.7. The SMILES string of the molecule is CCCCCCCCC(CCCCCC)COC(=O)COS(=O)(=O)CN. The van der Waals surface area contributed by atoms with Crippen molar-refractivity contribution in [2.24, 2.45) is 11.7 Å². The third-order valence-corrected chi connectivity index (χ3v) is 5.36. The molecule has 0 aromatic rings. The largest absolute Gasteiger partial charge is 0.464 e. The zero-order valence-corrected chi connectivity index (χ0v) is 17.5. The average molecular weight is 394 g/mol. The molecule has 0 radical (unpaired) electrons. The third-order valence-electron chi connectivity index (χ3n) is 4.47. The van der Waals surface area contributed by atoms with E-state index < -0.39 is 28.6 Å². The summed E-state index contributed by atoms with van der Waals surface area (Å²) in [5.41, 5.74) is 5.03. The van der Waals surface area contributed by atoms with Crippen LogP contribution in [0.25, 0.3) is 0 Å². The second-order valence-corrected chi connectivity index (χ2v) is 8.63. The summed E-state index contributed by atoms with van der Waals surface area (Å²) < 4.78 is 32.0. The van der Waals surface area contributed by atoms with Crippen molar-refractivity contribution in [3.8, 4) is 0 Å². The molecular weight excluding hydrogens is 354 g/mol. The number of rotatable bonds is 18. The number of carbonyl (C=O) groups excluding carboxylic acids is 1. The average Bonchev–Trinajstić information content (AvgIpc) is 2.63. The van der Waals surface area contributed by atoms with Gasteiger partial charge in [-0.2, -0.15) is 8.42 Å². The quantitative estimate of drug-likeness (QED) is 0.214. The molecule has 0 aliphatic heterocycles. The van der Waals surface area contributed by atoms with Gasteiger partial charge in [0.25, 0.3) is 10.1 Å². The lowest BCUT2D eigenvalue weighted by Gasteiger charge is -2.17. The van der Waals surface area contributed by atoms with Crippen molar-refractivity contribution in [1.82, 2.24) is 0 Å². The minimum absolute atomic E-state index is 0.339. The van der Waals surface area contributed by atoms with E-state index >= 15 is 0 Å². The Hall–Kier alpha value is -0.660. The molecule has 1 unspecified atom stereocenters. The Kier molecular flexibility index (Phi) is 16.1. The first-order valence-electron chi connectivity index (χ1n) is 10.2. The highest BCUT2D eigenvalue weighted by molar-refractivity contribution is 7.86. The number of unbranched alkanes of at least 4 members (excludes halogenated alkanes) is 8. The van der Waals surface area contributed by atoms with Gasteiger partial charge in [-0.05, 0) is 18.8 Å². The molecule has 26 heavy (non-hydrogen) atoms. The van der Waals surface area contributed by atoms with E-state index in [2.05, 4.69) is 18.0 Å². The maximum Gasteiger partial charge on any atom is 0.333 e.